The second kappa shape index (κ2) is 4.95. The number of ether oxygens (including phenoxy) is 2. The number of hydrogen-bond acceptors (Lipinski definition) is 3. The Labute approximate surface area is 96.5 Å². The smallest absolute Gasteiger partial charge is 0.0853 e. The summed E-state index contributed by atoms with van der Waals surface area (Å²) in [6.07, 6.45) is 2.17. The third-order valence-electron chi connectivity index (χ3n) is 3.28. The minimum Gasteiger partial charge on any atom is -0.377 e. The van der Waals surface area contributed by atoms with Crippen molar-refractivity contribution < 1.29 is 9.47 Å². The lowest BCUT2D eigenvalue weighted by Gasteiger charge is -2.10. The molecule has 0 fully saturated rings. The summed E-state index contributed by atoms with van der Waals surface area (Å²) in [5.74, 6) is 0. The molecular weight excluding hydrogens is 202 g/mol. The van der Waals surface area contributed by atoms with Gasteiger partial charge in [-0.15, -0.1) is 0 Å². The number of methoxy groups -OCH3 is 2. The summed E-state index contributed by atoms with van der Waals surface area (Å²) in [7, 11) is 3.50. The normalized spacial score (nSPS) is 23.4. The summed E-state index contributed by atoms with van der Waals surface area (Å²) in [4.78, 5) is 0. The Morgan fingerprint density at radius 3 is 2.50 bits per heavy atom. The van der Waals surface area contributed by atoms with Crippen LogP contribution in [0, 0.1) is 0 Å². The maximum absolute atomic E-state index is 5.57. The molecule has 1 aliphatic carbocycles. The molecule has 2 rings (SSSR count). The number of rotatable bonds is 4. The van der Waals surface area contributed by atoms with Crippen molar-refractivity contribution in [1.29, 1.82) is 0 Å². The van der Waals surface area contributed by atoms with E-state index in [9.17, 15) is 0 Å². The summed E-state index contributed by atoms with van der Waals surface area (Å²) in [6, 6.07) is 6.48. The van der Waals surface area contributed by atoms with E-state index >= 15 is 0 Å². The third kappa shape index (κ3) is 1.98. The molecule has 1 aromatic carbocycles. The number of nitrogens with two attached hydrogens (primary N) is 1. The molecule has 0 saturated carbocycles. The average molecular weight is 221 g/mol. The van der Waals surface area contributed by atoms with Gasteiger partial charge in [-0.2, -0.15) is 0 Å². The SMILES string of the molecule is COC1CC(OC)c2cc(CCN)ccc21. The molecule has 0 aliphatic heterocycles. The number of hydrogen-bond donors (Lipinski definition) is 1. The summed E-state index contributed by atoms with van der Waals surface area (Å²) < 4.78 is 11.0. The second-order valence-corrected chi connectivity index (χ2v) is 4.19. The van der Waals surface area contributed by atoms with Gasteiger partial charge in [-0.25, -0.2) is 0 Å². The summed E-state index contributed by atoms with van der Waals surface area (Å²) in [5, 5.41) is 0. The molecule has 2 atom stereocenters. The largest absolute Gasteiger partial charge is 0.377 e. The van der Waals surface area contributed by atoms with E-state index in [4.69, 9.17) is 15.2 Å². The molecule has 1 aliphatic rings. The highest BCUT2D eigenvalue weighted by Crippen LogP contribution is 2.42. The highest BCUT2D eigenvalue weighted by Gasteiger charge is 2.30. The van der Waals surface area contributed by atoms with Gasteiger partial charge in [0.1, 0.15) is 0 Å². The average Bonchev–Trinajstić information content (AvgIpc) is 2.67. The van der Waals surface area contributed by atoms with Crippen molar-refractivity contribution in [2.75, 3.05) is 20.8 Å². The van der Waals surface area contributed by atoms with E-state index in [1.807, 2.05) is 0 Å². The van der Waals surface area contributed by atoms with Crippen LogP contribution < -0.4 is 5.73 Å². The van der Waals surface area contributed by atoms with Gasteiger partial charge in [0.25, 0.3) is 0 Å². The minimum atomic E-state index is 0.165. The Hall–Kier alpha value is -0.900. The van der Waals surface area contributed by atoms with Crippen LogP contribution in [0.3, 0.4) is 0 Å². The van der Waals surface area contributed by atoms with Crippen LogP contribution in [-0.2, 0) is 15.9 Å². The van der Waals surface area contributed by atoms with E-state index in [1.165, 1.54) is 16.7 Å². The fourth-order valence-corrected chi connectivity index (χ4v) is 2.41. The number of fused-ring (bicyclic) bond motifs is 1. The van der Waals surface area contributed by atoms with Gasteiger partial charge in [0.05, 0.1) is 12.2 Å². The highest BCUT2D eigenvalue weighted by molar-refractivity contribution is 5.39. The van der Waals surface area contributed by atoms with Gasteiger partial charge in [0.2, 0.25) is 0 Å². The van der Waals surface area contributed by atoms with Gasteiger partial charge in [-0.05, 0) is 29.7 Å². The Kier molecular flexibility index (Phi) is 3.59. The van der Waals surface area contributed by atoms with Gasteiger partial charge in [-0.3, -0.25) is 0 Å². The zero-order valence-corrected chi connectivity index (χ0v) is 9.90. The Morgan fingerprint density at radius 2 is 1.88 bits per heavy atom. The van der Waals surface area contributed by atoms with Crippen LogP contribution in [-0.4, -0.2) is 20.8 Å². The second-order valence-electron chi connectivity index (χ2n) is 4.19. The van der Waals surface area contributed by atoms with Gasteiger partial charge in [0.15, 0.2) is 0 Å². The van der Waals surface area contributed by atoms with Crippen molar-refractivity contribution in [1.82, 2.24) is 0 Å². The lowest BCUT2D eigenvalue weighted by molar-refractivity contribution is 0.0424. The first-order valence-corrected chi connectivity index (χ1v) is 5.68. The van der Waals surface area contributed by atoms with Gasteiger partial charge in [-0.1, -0.05) is 18.2 Å². The van der Waals surface area contributed by atoms with Gasteiger partial charge >= 0.3 is 0 Å². The topological polar surface area (TPSA) is 44.5 Å². The maximum atomic E-state index is 5.57. The van der Waals surface area contributed by atoms with E-state index < -0.39 is 0 Å². The molecule has 0 heterocycles. The molecule has 0 radical (unpaired) electrons. The highest BCUT2D eigenvalue weighted by atomic mass is 16.5. The molecule has 0 spiro atoms. The molecule has 16 heavy (non-hydrogen) atoms. The van der Waals surface area contributed by atoms with E-state index in [0.29, 0.717) is 6.54 Å². The number of benzene rings is 1. The summed E-state index contributed by atoms with van der Waals surface area (Å²) in [6.45, 7) is 0.685. The summed E-state index contributed by atoms with van der Waals surface area (Å²) in [5.41, 5.74) is 9.37. The Morgan fingerprint density at radius 1 is 1.19 bits per heavy atom. The van der Waals surface area contributed by atoms with Crippen molar-refractivity contribution >= 4 is 0 Å². The third-order valence-corrected chi connectivity index (χ3v) is 3.28. The monoisotopic (exact) mass is 221 g/mol. The molecule has 0 amide bonds. The fourth-order valence-electron chi connectivity index (χ4n) is 2.41. The van der Waals surface area contributed by atoms with Crippen LogP contribution in [0.4, 0.5) is 0 Å². The van der Waals surface area contributed by atoms with Crippen LogP contribution >= 0.6 is 0 Å². The zero-order valence-electron chi connectivity index (χ0n) is 9.90. The zero-order chi connectivity index (χ0) is 11.5. The Bertz CT molecular complexity index is 365. The van der Waals surface area contributed by atoms with Crippen molar-refractivity contribution in [2.24, 2.45) is 5.73 Å². The molecule has 2 unspecified atom stereocenters. The molecule has 0 saturated heterocycles. The van der Waals surface area contributed by atoms with Crippen LogP contribution in [0.1, 0.15) is 35.3 Å². The van der Waals surface area contributed by atoms with E-state index in [2.05, 4.69) is 18.2 Å². The van der Waals surface area contributed by atoms with Crippen molar-refractivity contribution in [3.8, 4) is 0 Å². The molecule has 3 nitrogen and oxygen atoms in total. The molecule has 0 bridgehead atoms. The van der Waals surface area contributed by atoms with Crippen LogP contribution in [0.15, 0.2) is 18.2 Å². The van der Waals surface area contributed by atoms with Crippen LogP contribution in [0.2, 0.25) is 0 Å². The van der Waals surface area contributed by atoms with Gasteiger partial charge in [0, 0.05) is 20.6 Å². The van der Waals surface area contributed by atoms with Crippen molar-refractivity contribution in [3.05, 3.63) is 34.9 Å². The van der Waals surface area contributed by atoms with Crippen LogP contribution in [0.5, 0.6) is 0 Å². The Balaban J connectivity index is 2.33. The predicted molar refractivity (Wildman–Crippen MR) is 63.3 cm³/mol. The fraction of sp³-hybridized carbons (Fsp3) is 0.538. The predicted octanol–water partition coefficient (Wildman–Crippen LogP) is 1.97. The first kappa shape index (κ1) is 11.6. The van der Waals surface area contributed by atoms with E-state index in [-0.39, 0.29) is 12.2 Å². The quantitative estimate of drug-likeness (QED) is 0.845. The molecule has 88 valence electrons. The molecule has 2 N–H and O–H groups in total. The summed E-state index contributed by atoms with van der Waals surface area (Å²) >= 11 is 0. The minimum absolute atomic E-state index is 0.165. The van der Waals surface area contributed by atoms with E-state index in [0.717, 1.165) is 12.8 Å². The first-order valence-electron chi connectivity index (χ1n) is 5.68. The lowest BCUT2D eigenvalue weighted by atomic mass is 10.0. The van der Waals surface area contributed by atoms with Crippen molar-refractivity contribution in [2.45, 2.75) is 25.0 Å². The van der Waals surface area contributed by atoms with Gasteiger partial charge < -0.3 is 15.2 Å². The van der Waals surface area contributed by atoms with E-state index in [1.54, 1.807) is 14.2 Å². The van der Waals surface area contributed by atoms with Crippen molar-refractivity contribution in [3.63, 3.8) is 0 Å². The standard InChI is InChI=1S/C13H19NO2/c1-15-12-8-13(16-2)11-7-9(5-6-14)3-4-10(11)12/h3-4,7,12-13H,5-6,8,14H2,1-2H3. The first-order chi connectivity index (χ1) is 7.80. The lowest BCUT2D eigenvalue weighted by Crippen LogP contribution is -2.04. The van der Waals surface area contributed by atoms with Crippen LogP contribution in [0.25, 0.3) is 0 Å². The molecule has 1 aromatic rings. The molecule has 0 aromatic heterocycles. The molecule has 3 heteroatoms. The molecular formula is C13H19NO2. The maximum Gasteiger partial charge on any atom is 0.0853 e.